The zero-order valence-corrected chi connectivity index (χ0v) is 19.4. The quantitative estimate of drug-likeness (QED) is 0.267. The molecule has 190 valence electrons. The van der Waals surface area contributed by atoms with Crippen LogP contribution in [0.15, 0.2) is 36.5 Å². The van der Waals surface area contributed by atoms with Gasteiger partial charge in [0, 0.05) is 19.2 Å². The van der Waals surface area contributed by atoms with Gasteiger partial charge in [0.1, 0.15) is 17.3 Å². The van der Waals surface area contributed by atoms with E-state index in [9.17, 15) is 26.7 Å². The molecule has 0 amide bonds. The van der Waals surface area contributed by atoms with Crippen molar-refractivity contribution in [3.05, 3.63) is 65.0 Å². The van der Waals surface area contributed by atoms with Gasteiger partial charge in [0.05, 0.1) is 5.56 Å². The van der Waals surface area contributed by atoms with Crippen molar-refractivity contribution < 1.29 is 36.6 Å². The molecule has 2 aromatic rings. The molecule has 0 bridgehead atoms. The SMILES string of the molecule is CC(=O)c1cc(C(F)(F)F)ccn1.CCCC(CCC)C(N)Cc1cc(F)ccc1F.O=CO. The number of alkyl halides is 3. The molecule has 1 heterocycles. The standard InChI is InChI=1S/C15H23F2N.C8H6F3NO.CH2O2/c1-3-5-11(6-4-2)15(18)10-12-9-13(16)7-8-14(12)17;1-5(13)7-4-6(2-3-12-7)8(9,10)11;2-1-3/h7-9,11,15H,3-6,10,18H2,1-2H3;2-4H,1H3;1H,(H,2,3). The summed E-state index contributed by atoms with van der Waals surface area (Å²) in [7, 11) is 0. The van der Waals surface area contributed by atoms with E-state index in [1.807, 2.05) is 0 Å². The summed E-state index contributed by atoms with van der Waals surface area (Å²) < 4.78 is 62.9. The Kier molecular flexibility index (Phi) is 14.5. The third kappa shape index (κ3) is 11.8. The lowest BCUT2D eigenvalue weighted by molar-refractivity contribution is -0.137. The van der Waals surface area contributed by atoms with E-state index in [2.05, 4.69) is 18.8 Å². The first-order valence-corrected chi connectivity index (χ1v) is 10.7. The maximum atomic E-state index is 13.5. The molecule has 5 nitrogen and oxygen atoms in total. The number of carbonyl (C=O) groups excluding carboxylic acids is 1. The molecule has 0 aliphatic heterocycles. The van der Waals surface area contributed by atoms with Crippen molar-refractivity contribution in [2.75, 3.05) is 0 Å². The summed E-state index contributed by atoms with van der Waals surface area (Å²) >= 11 is 0. The van der Waals surface area contributed by atoms with E-state index in [0.29, 0.717) is 17.9 Å². The fourth-order valence-corrected chi connectivity index (χ4v) is 3.23. The van der Waals surface area contributed by atoms with Crippen LogP contribution < -0.4 is 5.73 Å². The van der Waals surface area contributed by atoms with Gasteiger partial charge in [0.15, 0.2) is 5.78 Å². The largest absolute Gasteiger partial charge is 0.483 e. The number of Topliss-reactive ketones (excluding diaryl/α,β-unsaturated/α-hetero) is 1. The highest BCUT2D eigenvalue weighted by Gasteiger charge is 2.30. The van der Waals surface area contributed by atoms with Gasteiger partial charge in [-0.15, -0.1) is 0 Å². The number of carbonyl (C=O) groups is 2. The minimum absolute atomic E-state index is 0.0961. The summed E-state index contributed by atoms with van der Waals surface area (Å²) in [5.41, 5.74) is 5.52. The van der Waals surface area contributed by atoms with Crippen LogP contribution in [0.3, 0.4) is 0 Å². The Bertz CT molecular complexity index is 885. The molecule has 0 fully saturated rings. The highest BCUT2D eigenvalue weighted by molar-refractivity contribution is 5.92. The monoisotopic (exact) mass is 490 g/mol. The van der Waals surface area contributed by atoms with Gasteiger partial charge in [-0.1, -0.05) is 26.7 Å². The summed E-state index contributed by atoms with van der Waals surface area (Å²) in [4.78, 5) is 22.6. The topological polar surface area (TPSA) is 93.3 Å². The number of hydrogen-bond acceptors (Lipinski definition) is 4. The first-order chi connectivity index (χ1) is 15.9. The number of rotatable bonds is 8. The van der Waals surface area contributed by atoms with Crippen LogP contribution in [0.1, 0.15) is 68.1 Å². The van der Waals surface area contributed by atoms with Crippen molar-refractivity contribution in [2.24, 2.45) is 11.7 Å². The Balaban J connectivity index is 0.000000597. The number of aromatic nitrogens is 1. The Labute approximate surface area is 196 Å². The molecule has 1 unspecified atom stereocenters. The zero-order valence-electron chi connectivity index (χ0n) is 19.4. The van der Waals surface area contributed by atoms with Gasteiger partial charge < -0.3 is 10.8 Å². The normalized spacial score (nSPS) is 11.6. The fraction of sp³-hybridized carbons (Fsp3) is 0.458. The molecule has 0 saturated carbocycles. The fourth-order valence-electron chi connectivity index (χ4n) is 3.23. The van der Waals surface area contributed by atoms with Crippen LogP contribution in [0.25, 0.3) is 0 Å². The van der Waals surface area contributed by atoms with Crippen molar-refractivity contribution in [1.29, 1.82) is 0 Å². The second-order valence-corrected chi connectivity index (χ2v) is 7.53. The van der Waals surface area contributed by atoms with Crippen LogP contribution in [-0.2, 0) is 17.4 Å². The molecule has 34 heavy (non-hydrogen) atoms. The zero-order chi connectivity index (χ0) is 26.3. The second-order valence-electron chi connectivity index (χ2n) is 7.53. The van der Waals surface area contributed by atoms with Gasteiger partial charge in [0.25, 0.3) is 6.47 Å². The number of hydrogen-bond donors (Lipinski definition) is 2. The highest BCUT2D eigenvalue weighted by Crippen LogP contribution is 2.29. The molecule has 2 rings (SSSR count). The molecular formula is C24H31F5N2O3. The summed E-state index contributed by atoms with van der Waals surface area (Å²) in [6.07, 6.45) is 1.20. The predicted molar refractivity (Wildman–Crippen MR) is 119 cm³/mol. The summed E-state index contributed by atoms with van der Waals surface area (Å²) in [5.74, 6) is -0.853. The Morgan fingerprint density at radius 3 is 2.15 bits per heavy atom. The van der Waals surface area contributed by atoms with E-state index < -0.39 is 23.3 Å². The number of ketones is 1. The molecule has 0 spiro atoms. The van der Waals surface area contributed by atoms with Crippen molar-refractivity contribution in [2.45, 2.75) is 65.1 Å². The number of halogens is 5. The minimum Gasteiger partial charge on any atom is -0.483 e. The van der Waals surface area contributed by atoms with Crippen LogP contribution in [-0.4, -0.2) is 28.4 Å². The number of nitrogens with two attached hydrogens (primary N) is 1. The molecular weight excluding hydrogens is 459 g/mol. The first kappa shape index (κ1) is 31.1. The lowest BCUT2D eigenvalue weighted by Gasteiger charge is -2.23. The summed E-state index contributed by atoms with van der Waals surface area (Å²) in [6.45, 7) is 5.17. The van der Waals surface area contributed by atoms with E-state index in [1.165, 1.54) is 19.1 Å². The summed E-state index contributed by atoms with van der Waals surface area (Å²) in [5, 5.41) is 6.89. The average Bonchev–Trinajstić information content (AvgIpc) is 2.76. The van der Waals surface area contributed by atoms with E-state index in [1.54, 1.807) is 0 Å². The Morgan fingerprint density at radius 1 is 1.12 bits per heavy atom. The lowest BCUT2D eigenvalue weighted by atomic mass is 9.87. The van der Waals surface area contributed by atoms with Crippen molar-refractivity contribution in [3.8, 4) is 0 Å². The highest BCUT2D eigenvalue weighted by atomic mass is 19.4. The molecule has 1 atom stereocenters. The minimum atomic E-state index is -4.42. The third-order valence-electron chi connectivity index (χ3n) is 4.84. The van der Waals surface area contributed by atoms with Crippen LogP contribution in [0.4, 0.5) is 22.0 Å². The average molecular weight is 491 g/mol. The van der Waals surface area contributed by atoms with E-state index in [-0.39, 0.29) is 24.0 Å². The van der Waals surface area contributed by atoms with E-state index in [4.69, 9.17) is 15.6 Å². The number of carboxylic acid groups (broad SMARTS) is 1. The molecule has 1 aromatic heterocycles. The maximum Gasteiger partial charge on any atom is 0.416 e. The molecule has 0 aliphatic carbocycles. The van der Waals surface area contributed by atoms with Crippen molar-refractivity contribution in [3.63, 3.8) is 0 Å². The van der Waals surface area contributed by atoms with Crippen molar-refractivity contribution >= 4 is 12.3 Å². The Morgan fingerprint density at radius 2 is 1.68 bits per heavy atom. The predicted octanol–water partition coefficient (Wildman–Crippen LogP) is 6.05. The van der Waals surface area contributed by atoms with Gasteiger partial charge in [0.2, 0.25) is 0 Å². The molecule has 0 radical (unpaired) electrons. The number of benzene rings is 1. The second kappa shape index (κ2) is 15.9. The van der Waals surface area contributed by atoms with Crippen LogP contribution in [0.2, 0.25) is 0 Å². The van der Waals surface area contributed by atoms with Crippen LogP contribution in [0, 0.1) is 17.6 Å². The molecule has 0 saturated heterocycles. The van der Waals surface area contributed by atoms with Gasteiger partial charge in [-0.2, -0.15) is 13.2 Å². The third-order valence-corrected chi connectivity index (χ3v) is 4.84. The van der Waals surface area contributed by atoms with E-state index in [0.717, 1.165) is 50.1 Å². The summed E-state index contributed by atoms with van der Waals surface area (Å²) in [6, 6.07) is 5.03. The lowest BCUT2D eigenvalue weighted by Crippen LogP contribution is -2.32. The van der Waals surface area contributed by atoms with Crippen LogP contribution >= 0.6 is 0 Å². The van der Waals surface area contributed by atoms with Gasteiger partial charge in [-0.05, 0) is 61.1 Å². The van der Waals surface area contributed by atoms with Crippen LogP contribution in [0.5, 0.6) is 0 Å². The first-order valence-electron chi connectivity index (χ1n) is 10.7. The molecule has 3 N–H and O–H groups in total. The van der Waals surface area contributed by atoms with Crippen molar-refractivity contribution in [1.82, 2.24) is 4.98 Å². The maximum absolute atomic E-state index is 13.5. The number of pyridine rings is 1. The van der Waals surface area contributed by atoms with Gasteiger partial charge >= 0.3 is 6.18 Å². The molecule has 0 aliphatic rings. The molecule has 1 aromatic carbocycles. The van der Waals surface area contributed by atoms with Gasteiger partial charge in [-0.3, -0.25) is 14.6 Å². The smallest absolute Gasteiger partial charge is 0.416 e. The van der Waals surface area contributed by atoms with Gasteiger partial charge in [-0.25, -0.2) is 8.78 Å². The van der Waals surface area contributed by atoms with E-state index >= 15 is 0 Å². The Hall–Kier alpha value is -2.88. The molecule has 10 heteroatoms. The number of nitrogens with zero attached hydrogens (tertiary/aromatic N) is 1.